The number of hydrogen-bond acceptors (Lipinski definition) is 7. The van der Waals surface area contributed by atoms with Crippen LogP contribution in [0, 0.1) is 13.8 Å². The van der Waals surface area contributed by atoms with E-state index >= 15 is 0 Å². The predicted molar refractivity (Wildman–Crippen MR) is 166 cm³/mol. The van der Waals surface area contributed by atoms with E-state index in [1.54, 1.807) is 23.6 Å². The molecule has 1 aliphatic rings. The van der Waals surface area contributed by atoms with Crippen molar-refractivity contribution in [2.24, 2.45) is 0 Å². The van der Waals surface area contributed by atoms with Crippen LogP contribution in [-0.2, 0) is 4.79 Å². The van der Waals surface area contributed by atoms with Crippen molar-refractivity contribution in [1.82, 2.24) is 14.8 Å². The van der Waals surface area contributed by atoms with Gasteiger partial charge >= 0.3 is 0 Å². The van der Waals surface area contributed by atoms with Gasteiger partial charge in [0, 0.05) is 11.4 Å². The van der Waals surface area contributed by atoms with Crippen LogP contribution in [0.5, 0.6) is 11.5 Å². The van der Waals surface area contributed by atoms with Crippen molar-refractivity contribution in [3.05, 3.63) is 62.8 Å². The van der Waals surface area contributed by atoms with E-state index in [0.29, 0.717) is 40.5 Å². The number of rotatable bonds is 12. The van der Waals surface area contributed by atoms with Crippen LogP contribution in [-0.4, -0.2) is 40.1 Å². The summed E-state index contributed by atoms with van der Waals surface area (Å²) in [6.45, 7) is 10.8. The van der Waals surface area contributed by atoms with Gasteiger partial charge < -0.3 is 20.1 Å². The third-order valence-electron chi connectivity index (χ3n) is 7.02. The molecule has 1 atom stereocenters. The van der Waals surface area contributed by atoms with E-state index in [0.717, 1.165) is 45.4 Å². The Kier molecular flexibility index (Phi) is 10.2. The molecule has 0 saturated heterocycles. The first kappa shape index (κ1) is 30.0. The second-order valence-electron chi connectivity index (χ2n) is 9.81. The van der Waals surface area contributed by atoms with Crippen molar-refractivity contribution in [2.45, 2.75) is 71.5 Å². The van der Waals surface area contributed by atoms with E-state index in [-0.39, 0.29) is 5.91 Å². The fraction of sp³-hybridized carbons (Fsp3) is 0.433. The molecule has 40 heavy (non-hydrogen) atoms. The molecule has 8 nitrogen and oxygen atoms in total. The van der Waals surface area contributed by atoms with Crippen molar-refractivity contribution in [3.8, 4) is 11.5 Å². The lowest BCUT2D eigenvalue weighted by Gasteiger charge is -2.29. The van der Waals surface area contributed by atoms with Gasteiger partial charge in [-0.05, 0) is 83.8 Å². The smallest absolute Gasteiger partial charge is 0.255 e. The molecular formula is C30H38BrN5O3S. The lowest BCUT2D eigenvalue weighted by Crippen LogP contribution is -2.31. The Labute approximate surface area is 249 Å². The number of thioether (sulfide) groups is 1. The number of amides is 1. The first-order chi connectivity index (χ1) is 19.3. The summed E-state index contributed by atoms with van der Waals surface area (Å²) in [5.41, 5.74) is 5.01. The number of carbonyl (C=O) groups excluding carboxylic acids is 1. The number of unbranched alkanes of at least 4 members (excludes halogenated alkanes) is 3. The van der Waals surface area contributed by atoms with Gasteiger partial charge in [-0.25, -0.2) is 4.68 Å². The molecule has 2 N–H and O–H groups in total. The van der Waals surface area contributed by atoms with E-state index in [9.17, 15) is 4.79 Å². The van der Waals surface area contributed by atoms with Crippen LogP contribution in [0.3, 0.4) is 0 Å². The Morgan fingerprint density at radius 3 is 2.70 bits per heavy atom. The number of nitrogens with zero attached hydrogens (tertiary/aromatic N) is 3. The number of anilines is 2. The Hall–Kier alpha value is -2.98. The van der Waals surface area contributed by atoms with Crippen LogP contribution >= 0.6 is 27.7 Å². The third kappa shape index (κ3) is 6.49. The van der Waals surface area contributed by atoms with E-state index in [4.69, 9.17) is 14.6 Å². The number of ether oxygens (including phenoxy) is 2. The van der Waals surface area contributed by atoms with E-state index < -0.39 is 6.04 Å². The van der Waals surface area contributed by atoms with Gasteiger partial charge in [-0.2, -0.15) is 4.98 Å². The average Bonchev–Trinajstić information content (AvgIpc) is 3.32. The summed E-state index contributed by atoms with van der Waals surface area (Å²) >= 11 is 5.27. The molecule has 0 bridgehead atoms. The highest BCUT2D eigenvalue weighted by molar-refractivity contribution is 9.10. The standard InChI is InChI=1S/C30H38BrN5O3S/c1-7-9-10-11-15-39-27-22(31)16-21(17-24(27)38-6)26-25(28(37)33-23-14-12-13-18(3)19(23)4)20(5)32-29-34-30(40-8-2)35-36(26)29/h12-14,16-17,26H,7-11,15H2,1-6H3,(H,33,37)(H,32,34,35). The number of aryl methyl sites for hydroxylation is 1. The van der Waals surface area contributed by atoms with Crippen LogP contribution < -0.4 is 20.1 Å². The highest BCUT2D eigenvalue weighted by atomic mass is 79.9. The summed E-state index contributed by atoms with van der Waals surface area (Å²) in [5, 5.41) is 11.9. The van der Waals surface area contributed by atoms with E-state index in [1.807, 2.05) is 51.1 Å². The van der Waals surface area contributed by atoms with Crippen molar-refractivity contribution in [3.63, 3.8) is 0 Å². The van der Waals surface area contributed by atoms with Gasteiger partial charge in [0.15, 0.2) is 11.5 Å². The number of aromatic nitrogens is 3. The summed E-state index contributed by atoms with van der Waals surface area (Å²) in [4.78, 5) is 18.6. The van der Waals surface area contributed by atoms with E-state index in [1.165, 1.54) is 12.8 Å². The molecule has 4 rings (SSSR count). The third-order valence-corrected chi connectivity index (χ3v) is 8.32. The highest BCUT2D eigenvalue weighted by Crippen LogP contribution is 2.43. The molecule has 214 valence electrons. The van der Waals surface area contributed by atoms with Gasteiger partial charge in [0.05, 0.1) is 23.8 Å². The van der Waals surface area contributed by atoms with Gasteiger partial charge in [-0.3, -0.25) is 4.79 Å². The fourth-order valence-electron chi connectivity index (χ4n) is 4.74. The monoisotopic (exact) mass is 627 g/mol. The second kappa shape index (κ2) is 13.6. The maximum atomic E-state index is 14.0. The minimum absolute atomic E-state index is 0.208. The molecule has 1 aromatic heterocycles. The van der Waals surface area contributed by atoms with Crippen molar-refractivity contribution < 1.29 is 14.3 Å². The summed E-state index contributed by atoms with van der Waals surface area (Å²) in [5.74, 6) is 2.47. The second-order valence-corrected chi connectivity index (χ2v) is 11.9. The van der Waals surface area contributed by atoms with Gasteiger partial charge in [0.1, 0.15) is 6.04 Å². The first-order valence-electron chi connectivity index (χ1n) is 13.7. The molecule has 1 amide bonds. The normalized spacial score (nSPS) is 14.5. The highest BCUT2D eigenvalue weighted by Gasteiger charge is 2.35. The van der Waals surface area contributed by atoms with Gasteiger partial charge in [-0.1, -0.05) is 57.0 Å². The Balaban J connectivity index is 1.75. The molecule has 10 heteroatoms. The molecule has 0 fully saturated rings. The lowest BCUT2D eigenvalue weighted by atomic mass is 9.94. The Morgan fingerprint density at radius 2 is 1.98 bits per heavy atom. The van der Waals surface area contributed by atoms with Crippen LogP contribution in [0.2, 0.25) is 0 Å². The molecule has 1 unspecified atom stereocenters. The van der Waals surface area contributed by atoms with Crippen molar-refractivity contribution in [1.29, 1.82) is 0 Å². The number of fused-ring (bicyclic) bond motifs is 1. The molecule has 1 aliphatic heterocycles. The Bertz CT molecular complexity index is 1400. The summed E-state index contributed by atoms with van der Waals surface area (Å²) < 4.78 is 14.5. The molecular weight excluding hydrogens is 590 g/mol. The number of carbonyl (C=O) groups is 1. The van der Waals surface area contributed by atoms with Gasteiger partial charge in [0.2, 0.25) is 11.1 Å². The summed E-state index contributed by atoms with van der Waals surface area (Å²) in [6, 6.07) is 9.28. The average molecular weight is 629 g/mol. The number of allylic oxidation sites excluding steroid dienone is 1. The number of nitrogens with one attached hydrogen (secondary N) is 2. The number of benzene rings is 2. The molecule has 0 saturated carbocycles. The zero-order valence-electron chi connectivity index (χ0n) is 24.1. The minimum Gasteiger partial charge on any atom is -0.493 e. The lowest BCUT2D eigenvalue weighted by molar-refractivity contribution is -0.113. The molecule has 0 aliphatic carbocycles. The first-order valence-corrected chi connectivity index (χ1v) is 15.5. The van der Waals surface area contributed by atoms with Crippen LogP contribution in [0.4, 0.5) is 11.6 Å². The maximum absolute atomic E-state index is 14.0. The SMILES string of the molecule is CCCCCCOc1c(Br)cc(C2C(C(=O)Nc3cccc(C)c3C)=C(C)Nc3nc(SCC)nn32)cc1OC. The zero-order valence-corrected chi connectivity index (χ0v) is 26.5. The summed E-state index contributed by atoms with van der Waals surface area (Å²) in [7, 11) is 1.63. The van der Waals surface area contributed by atoms with Crippen molar-refractivity contribution >= 4 is 45.2 Å². The topological polar surface area (TPSA) is 90.3 Å². The number of halogens is 1. The molecule has 2 aromatic carbocycles. The van der Waals surface area contributed by atoms with E-state index in [2.05, 4.69) is 45.4 Å². The van der Waals surface area contributed by atoms with Gasteiger partial charge in [0.25, 0.3) is 5.91 Å². The van der Waals surface area contributed by atoms with Gasteiger partial charge in [-0.15, -0.1) is 5.10 Å². The van der Waals surface area contributed by atoms with Crippen LogP contribution in [0.25, 0.3) is 0 Å². The maximum Gasteiger partial charge on any atom is 0.255 e. The van der Waals surface area contributed by atoms with Crippen LogP contribution in [0.15, 0.2) is 51.2 Å². The largest absolute Gasteiger partial charge is 0.493 e. The zero-order chi connectivity index (χ0) is 28.8. The summed E-state index contributed by atoms with van der Waals surface area (Å²) in [6.07, 6.45) is 4.46. The minimum atomic E-state index is -0.538. The number of hydrogen-bond donors (Lipinski definition) is 2. The number of methoxy groups -OCH3 is 1. The van der Waals surface area contributed by atoms with Crippen molar-refractivity contribution in [2.75, 3.05) is 30.1 Å². The molecule has 0 spiro atoms. The Morgan fingerprint density at radius 1 is 1.18 bits per heavy atom. The predicted octanol–water partition coefficient (Wildman–Crippen LogP) is 7.66. The molecule has 2 heterocycles. The molecule has 0 radical (unpaired) electrons. The fourth-order valence-corrected chi connectivity index (χ4v) is 5.87. The quantitative estimate of drug-likeness (QED) is 0.157. The van der Waals surface area contributed by atoms with Crippen LogP contribution in [0.1, 0.15) is 69.2 Å². The molecule has 3 aromatic rings.